The molecule has 1 N–H and O–H groups in total. The maximum atomic E-state index is 12.6. The van der Waals surface area contributed by atoms with Crippen molar-refractivity contribution in [3.63, 3.8) is 0 Å². The van der Waals surface area contributed by atoms with Crippen molar-refractivity contribution >= 4 is 31.0 Å². The van der Waals surface area contributed by atoms with Crippen molar-refractivity contribution in [2.75, 3.05) is 5.32 Å². The van der Waals surface area contributed by atoms with Crippen LogP contribution < -0.4 is 9.78 Å². The Balaban J connectivity index is 1.72. The molecule has 0 aliphatic carbocycles. The molecule has 3 aromatic carbocycles. The molecule has 0 saturated carbocycles. The summed E-state index contributed by atoms with van der Waals surface area (Å²) in [6.45, 7) is 0. The van der Waals surface area contributed by atoms with Crippen molar-refractivity contribution < 1.29 is 4.79 Å². The summed E-state index contributed by atoms with van der Waals surface area (Å²) >= 11 is 0.138. The van der Waals surface area contributed by atoms with Gasteiger partial charge in [0.05, 0.1) is 0 Å². The Labute approximate surface area is 153 Å². The summed E-state index contributed by atoms with van der Waals surface area (Å²) in [5, 5.41) is 12.7. The summed E-state index contributed by atoms with van der Waals surface area (Å²) in [6, 6.07) is 27.0. The monoisotopic (exact) mass is 392 g/mol. The number of nitriles is 1. The van der Waals surface area contributed by atoms with Crippen molar-refractivity contribution in [3.8, 4) is 6.07 Å². The van der Waals surface area contributed by atoms with Crippen LogP contribution in [-0.2, 0) is 5.32 Å². The van der Waals surface area contributed by atoms with Crippen molar-refractivity contribution in [1.29, 1.82) is 5.26 Å². The van der Waals surface area contributed by atoms with Gasteiger partial charge >= 0.3 is 153 Å². The van der Waals surface area contributed by atoms with E-state index in [1.54, 1.807) is 0 Å². The van der Waals surface area contributed by atoms with Gasteiger partial charge < -0.3 is 0 Å². The first-order valence-corrected chi connectivity index (χ1v) is 9.90. The van der Waals surface area contributed by atoms with Crippen LogP contribution in [0.5, 0.6) is 0 Å². The number of para-hydroxylation sites is 1. The van der Waals surface area contributed by atoms with E-state index in [-0.39, 0.29) is 20.9 Å². The molecule has 122 valence electrons. The van der Waals surface area contributed by atoms with Crippen molar-refractivity contribution in [2.45, 2.75) is 5.32 Å². The fourth-order valence-electron chi connectivity index (χ4n) is 2.34. The Morgan fingerprint density at radius 1 is 0.920 bits per heavy atom. The predicted octanol–water partition coefficient (Wildman–Crippen LogP) is 3.34. The minimum atomic E-state index is -0.0801. The fraction of sp³-hybridized carbons (Fsp3) is 0.0476. The van der Waals surface area contributed by atoms with Crippen LogP contribution in [0.3, 0.4) is 0 Å². The molecule has 25 heavy (non-hydrogen) atoms. The molecule has 4 heteroatoms. The molecule has 0 aliphatic heterocycles. The summed E-state index contributed by atoms with van der Waals surface area (Å²) in [5.41, 5.74) is 3.36. The third-order valence-electron chi connectivity index (χ3n) is 3.64. The number of carbonyl (C=O) groups is 1. The average molecular weight is 391 g/mol. The number of anilines is 1. The van der Waals surface area contributed by atoms with Gasteiger partial charge in [-0.15, -0.1) is 0 Å². The molecule has 0 heterocycles. The molecular formula is C21H16N2OSe. The molecule has 0 spiro atoms. The van der Waals surface area contributed by atoms with Gasteiger partial charge in [0.2, 0.25) is 0 Å². The zero-order valence-electron chi connectivity index (χ0n) is 13.5. The van der Waals surface area contributed by atoms with Crippen LogP contribution in [0.4, 0.5) is 5.69 Å². The molecule has 1 amide bonds. The molecule has 0 radical (unpaired) electrons. The summed E-state index contributed by atoms with van der Waals surface area (Å²) in [5.74, 6) is -0.0801. The van der Waals surface area contributed by atoms with Crippen LogP contribution in [0.25, 0.3) is 0 Å². The first-order valence-electron chi connectivity index (χ1n) is 7.83. The molecule has 0 aliphatic rings. The molecule has 0 fully saturated rings. The van der Waals surface area contributed by atoms with Crippen molar-refractivity contribution in [1.82, 2.24) is 0 Å². The number of nitrogens with zero attached hydrogens (tertiary/aromatic N) is 1. The predicted molar refractivity (Wildman–Crippen MR) is 101 cm³/mol. The molecule has 0 saturated heterocycles. The third kappa shape index (κ3) is 4.58. The van der Waals surface area contributed by atoms with Crippen molar-refractivity contribution in [2.24, 2.45) is 0 Å². The summed E-state index contributed by atoms with van der Waals surface area (Å²) in [6.07, 6.45) is 0. The molecule has 3 rings (SSSR count). The third-order valence-corrected chi connectivity index (χ3v) is 6.04. The van der Waals surface area contributed by atoms with E-state index in [4.69, 9.17) is 5.26 Å². The number of hydrogen-bond acceptors (Lipinski definition) is 2. The number of carbonyl (C=O) groups excluding carboxylic acids is 1. The van der Waals surface area contributed by atoms with Gasteiger partial charge in [-0.05, 0) is 0 Å². The molecule has 3 aromatic rings. The topological polar surface area (TPSA) is 52.9 Å². The van der Waals surface area contributed by atoms with Gasteiger partial charge in [0, 0.05) is 0 Å². The fourth-order valence-corrected chi connectivity index (χ4v) is 4.45. The zero-order valence-corrected chi connectivity index (χ0v) is 15.2. The maximum absolute atomic E-state index is 12.6. The molecule has 0 unspecified atom stereocenters. The van der Waals surface area contributed by atoms with Gasteiger partial charge in [0.1, 0.15) is 0 Å². The SMILES string of the molecule is N#Cc1ccc(C[Se]c2ccccc2C(=O)Nc2ccccc2)cc1. The Bertz CT molecular complexity index is 899. The van der Waals surface area contributed by atoms with E-state index in [1.165, 1.54) is 5.56 Å². The van der Waals surface area contributed by atoms with Gasteiger partial charge in [0.15, 0.2) is 0 Å². The van der Waals surface area contributed by atoms with Gasteiger partial charge in [0.25, 0.3) is 0 Å². The molecule has 0 aromatic heterocycles. The molecule has 0 atom stereocenters. The minimum absolute atomic E-state index is 0.0801. The Hall–Kier alpha value is -2.86. The normalized spacial score (nSPS) is 10.0. The second-order valence-corrected chi connectivity index (χ2v) is 7.55. The Morgan fingerprint density at radius 2 is 1.60 bits per heavy atom. The summed E-state index contributed by atoms with van der Waals surface area (Å²) in [4.78, 5) is 12.6. The van der Waals surface area contributed by atoms with Gasteiger partial charge in [-0.2, -0.15) is 0 Å². The van der Waals surface area contributed by atoms with Crippen molar-refractivity contribution in [3.05, 3.63) is 95.6 Å². The standard InChI is InChI=1S/C21H16N2OSe/c22-14-16-10-12-17(13-11-16)15-25-20-9-5-4-8-19(20)21(24)23-18-6-2-1-3-7-18/h1-13H,15H2,(H,23,24). The summed E-state index contributed by atoms with van der Waals surface area (Å²) < 4.78 is 1.08. The number of amides is 1. The van der Waals surface area contributed by atoms with Gasteiger partial charge in [-0.1, -0.05) is 0 Å². The van der Waals surface area contributed by atoms with Gasteiger partial charge in [-0.3, -0.25) is 0 Å². The van der Waals surface area contributed by atoms with E-state index >= 15 is 0 Å². The zero-order chi connectivity index (χ0) is 17.5. The number of nitrogens with one attached hydrogen (secondary N) is 1. The average Bonchev–Trinajstić information content (AvgIpc) is 2.68. The first kappa shape index (κ1) is 17.0. The van der Waals surface area contributed by atoms with E-state index in [0.717, 1.165) is 21.0 Å². The van der Waals surface area contributed by atoms with E-state index in [2.05, 4.69) is 11.4 Å². The van der Waals surface area contributed by atoms with Crippen LogP contribution in [0.15, 0.2) is 78.9 Å². The van der Waals surface area contributed by atoms with E-state index in [0.29, 0.717) is 5.56 Å². The van der Waals surface area contributed by atoms with Crippen LogP contribution in [-0.4, -0.2) is 20.9 Å². The van der Waals surface area contributed by atoms with Crippen LogP contribution in [0.1, 0.15) is 21.5 Å². The number of hydrogen-bond donors (Lipinski definition) is 1. The van der Waals surface area contributed by atoms with Crippen LogP contribution in [0, 0.1) is 11.3 Å². The van der Waals surface area contributed by atoms with Crippen LogP contribution in [0.2, 0.25) is 0 Å². The molecule has 3 nitrogen and oxygen atoms in total. The summed E-state index contributed by atoms with van der Waals surface area (Å²) in [7, 11) is 0. The Morgan fingerprint density at radius 3 is 2.32 bits per heavy atom. The Kier molecular flexibility index (Phi) is 5.64. The van der Waals surface area contributed by atoms with E-state index < -0.39 is 0 Å². The molecular weight excluding hydrogens is 375 g/mol. The second-order valence-electron chi connectivity index (χ2n) is 5.41. The number of benzene rings is 3. The second kappa shape index (κ2) is 8.30. The first-order chi connectivity index (χ1) is 12.3. The van der Waals surface area contributed by atoms with Gasteiger partial charge in [-0.25, -0.2) is 0 Å². The van der Waals surface area contributed by atoms with Crippen LogP contribution >= 0.6 is 0 Å². The van der Waals surface area contributed by atoms with E-state index in [9.17, 15) is 4.79 Å². The quantitative estimate of drug-likeness (QED) is 0.679. The number of rotatable bonds is 5. The van der Waals surface area contributed by atoms with E-state index in [1.807, 2.05) is 78.9 Å². The molecule has 0 bridgehead atoms.